The Labute approximate surface area is 153 Å². The molecular formula is C21H24N2O3. The van der Waals surface area contributed by atoms with Crippen LogP contribution >= 0.6 is 0 Å². The molecule has 1 fully saturated rings. The van der Waals surface area contributed by atoms with Crippen molar-refractivity contribution in [2.75, 3.05) is 18.5 Å². The molecule has 2 aromatic carbocycles. The Hall–Kier alpha value is -2.66. The number of aryl methyl sites for hydroxylation is 1. The van der Waals surface area contributed by atoms with Crippen LogP contribution < -0.4 is 10.6 Å². The smallest absolute Gasteiger partial charge is 0.251 e. The first kappa shape index (κ1) is 18.1. The highest BCUT2D eigenvalue weighted by Gasteiger charge is 2.16. The van der Waals surface area contributed by atoms with Crippen molar-refractivity contribution in [1.29, 1.82) is 0 Å². The van der Waals surface area contributed by atoms with Crippen molar-refractivity contribution >= 4 is 17.5 Å². The summed E-state index contributed by atoms with van der Waals surface area (Å²) in [6, 6.07) is 16.9. The lowest BCUT2D eigenvalue weighted by Gasteiger charge is -2.11. The molecule has 0 unspecified atom stereocenters. The third-order valence-corrected chi connectivity index (χ3v) is 4.41. The van der Waals surface area contributed by atoms with Gasteiger partial charge in [0.1, 0.15) is 0 Å². The maximum Gasteiger partial charge on any atom is 0.251 e. The molecular weight excluding hydrogens is 328 g/mol. The van der Waals surface area contributed by atoms with Gasteiger partial charge in [-0.15, -0.1) is 0 Å². The fourth-order valence-electron chi connectivity index (χ4n) is 2.98. The van der Waals surface area contributed by atoms with Crippen LogP contribution in [0, 0.1) is 0 Å². The molecule has 136 valence electrons. The van der Waals surface area contributed by atoms with Crippen LogP contribution in [0.2, 0.25) is 0 Å². The van der Waals surface area contributed by atoms with E-state index in [1.807, 2.05) is 30.3 Å². The van der Waals surface area contributed by atoms with Gasteiger partial charge in [-0.05, 0) is 43.0 Å². The SMILES string of the molecule is O=C(CCc1ccccc1)Nc1cccc(C(=O)NC[C@H]2CCCO2)c1. The average molecular weight is 352 g/mol. The van der Waals surface area contributed by atoms with Crippen molar-refractivity contribution in [3.63, 3.8) is 0 Å². The number of carbonyl (C=O) groups is 2. The lowest BCUT2D eigenvalue weighted by Crippen LogP contribution is -2.31. The Morgan fingerprint density at radius 3 is 2.69 bits per heavy atom. The van der Waals surface area contributed by atoms with E-state index in [9.17, 15) is 9.59 Å². The van der Waals surface area contributed by atoms with Gasteiger partial charge in [0.2, 0.25) is 5.91 Å². The van der Waals surface area contributed by atoms with Crippen LogP contribution in [0.25, 0.3) is 0 Å². The number of nitrogens with one attached hydrogen (secondary N) is 2. The van der Waals surface area contributed by atoms with E-state index in [1.54, 1.807) is 24.3 Å². The van der Waals surface area contributed by atoms with Crippen LogP contribution in [0.1, 0.15) is 35.2 Å². The molecule has 2 aromatic rings. The van der Waals surface area contributed by atoms with E-state index < -0.39 is 0 Å². The second-order valence-electron chi connectivity index (χ2n) is 6.46. The van der Waals surface area contributed by atoms with Gasteiger partial charge in [-0.1, -0.05) is 36.4 Å². The van der Waals surface area contributed by atoms with Gasteiger partial charge in [-0.3, -0.25) is 9.59 Å². The van der Waals surface area contributed by atoms with Gasteiger partial charge in [0.25, 0.3) is 5.91 Å². The molecule has 3 rings (SSSR count). The third-order valence-electron chi connectivity index (χ3n) is 4.41. The van der Waals surface area contributed by atoms with Crippen LogP contribution in [0.15, 0.2) is 54.6 Å². The van der Waals surface area contributed by atoms with Crippen molar-refractivity contribution in [2.24, 2.45) is 0 Å². The minimum absolute atomic E-state index is 0.0641. The third kappa shape index (κ3) is 5.43. The van der Waals surface area contributed by atoms with Crippen molar-refractivity contribution in [3.8, 4) is 0 Å². The monoisotopic (exact) mass is 352 g/mol. The first-order chi connectivity index (χ1) is 12.7. The van der Waals surface area contributed by atoms with Gasteiger partial charge in [-0.25, -0.2) is 0 Å². The largest absolute Gasteiger partial charge is 0.376 e. The number of carbonyl (C=O) groups excluding carboxylic acids is 2. The van der Waals surface area contributed by atoms with E-state index in [0.717, 1.165) is 25.0 Å². The molecule has 1 atom stereocenters. The van der Waals surface area contributed by atoms with E-state index in [4.69, 9.17) is 4.74 Å². The molecule has 0 radical (unpaired) electrons. The van der Waals surface area contributed by atoms with Crippen molar-refractivity contribution in [2.45, 2.75) is 31.8 Å². The topological polar surface area (TPSA) is 67.4 Å². The highest BCUT2D eigenvalue weighted by Crippen LogP contribution is 2.13. The van der Waals surface area contributed by atoms with Crippen LogP contribution in [0.3, 0.4) is 0 Å². The van der Waals surface area contributed by atoms with Gasteiger partial charge in [-0.2, -0.15) is 0 Å². The molecule has 1 aliphatic rings. The first-order valence-electron chi connectivity index (χ1n) is 9.04. The maximum absolute atomic E-state index is 12.3. The quantitative estimate of drug-likeness (QED) is 0.804. The predicted molar refractivity (Wildman–Crippen MR) is 101 cm³/mol. The Bertz CT molecular complexity index is 740. The standard InChI is InChI=1S/C21H24N2O3/c24-20(12-11-16-6-2-1-3-7-16)23-18-9-4-8-17(14-18)21(25)22-15-19-10-5-13-26-19/h1-4,6-9,14,19H,5,10-13,15H2,(H,22,25)(H,23,24)/t19-/m1/s1. The van der Waals surface area contributed by atoms with Gasteiger partial charge in [0.05, 0.1) is 6.10 Å². The molecule has 2 amide bonds. The normalized spacial score (nSPS) is 16.2. The number of hydrogen-bond acceptors (Lipinski definition) is 3. The second-order valence-corrected chi connectivity index (χ2v) is 6.46. The molecule has 5 heteroatoms. The van der Waals surface area contributed by atoms with Gasteiger partial charge < -0.3 is 15.4 Å². The molecule has 0 spiro atoms. The Balaban J connectivity index is 1.49. The van der Waals surface area contributed by atoms with Gasteiger partial charge in [0, 0.05) is 30.8 Å². The van der Waals surface area contributed by atoms with E-state index in [0.29, 0.717) is 30.6 Å². The zero-order valence-electron chi connectivity index (χ0n) is 14.7. The summed E-state index contributed by atoms with van der Waals surface area (Å²) >= 11 is 0. The van der Waals surface area contributed by atoms with Crippen molar-refractivity contribution < 1.29 is 14.3 Å². The Morgan fingerprint density at radius 2 is 1.92 bits per heavy atom. The molecule has 0 aliphatic carbocycles. The van der Waals surface area contributed by atoms with Crippen LogP contribution in [-0.2, 0) is 16.0 Å². The molecule has 0 saturated carbocycles. The number of amides is 2. The molecule has 1 heterocycles. The van der Waals surface area contributed by atoms with Gasteiger partial charge in [0.15, 0.2) is 0 Å². The molecule has 0 bridgehead atoms. The summed E-state index contributed by atoms with van der Waals surface area (Å²) in [6.45, 7) is 1.29. The minimum Gasteiger partial charge on any atom is -0.376 e. The molecule has 2 N–H and O–H groups in total. The van der Waals surface area contributed by atoms with E-state index in [2.05, 4.69) is 10.6 Å². The van der Waals surface area contributed by atoms with E-state index in [-0.39, 0.29) is 17.9 Å². The average Bonchev–Trinajstić information content (AvgIpc) is 3.19. The minimum atomic E-state index is -0.152. The summed E-state index contributed by atoms with van der Waals surface area (Å²) in [6.07, 6.45) is 3.23. The fourth-order valence-corrected chi connectivity index (χ4v) is 2.98. The Kier molecular flexibility index (Phi) is 6.39. The molecule has 26 heavy (non-hydrogen) atoms. The van der Waals surface area contributed by atoms with Crippen molar-refractivity contribution in [3.05, 3.63) is 65.7 Å². The molecule has 1 aliphatic heterocycles. The van der Waals surface area contributed by atoms with Crippen LogP contribution in [0.5, 0.6) is 0 Å². The summed E-state index contributed by atoms with van der Waals surface area (Å²) in [7, 11) is 0. The number of benzene rings is 2. The van der Waals surface area contributed by atoms with Gasteiger partial charge >= 0.3 is 0 Å². The molecule has 5 nitrogen and oxygen atoms in total. The highest BCUT2D eigenvalue weighted by atomic mass is 16.5. The van der Waals surface area contributed by atoms with Crippen molar-refractivity contribution in [1.82, 2.24) is 5.32 Å². The summed E-state index contributed by atoms with van der Waals surface area (Å²) in [4.78, 5) is 24.4. The number of hydrogen-bond donors (Lipinski definition) is 2. The summed E-state index contributed by atoms with van der Waals surface area (Å²) in [5, 5.41) is 5.75. The maximum atomic E-state index is 12.3. The highest BCUT2D eigenvalue weighted by molar-refractivity contribution is 5.97. The number of ether oxygens (including phenoxy) is 1. The Morgan fingerprint density at radius 1 is 1.08 bits per heavy atom. The zero-order chi connectivity index (χ0) is 18.2. The molecule has 1 saturated heterocycles. The summed E-state index contributed by atoms with van der Waals surface area (Å²) < 4.78 is 5.51. The first-order valence-corrected chi connectivity index (χ1v) is 9.04. The van der Waals surface area contributed by atoms with E-state index in [1.165, 1.54) is 0 Å². The zero-order valence-corrected chi connectivity index (χ0v) is 14.7. The predicted octanol–water partition coefficient (Wildman–Crippen LogP) is 3.17. The summed E-state index contributed by atoms with van der Waals surface area (Å²) in [5.74, 6) is -0.216. The van der Waals surface area contributed by atoms with Crippen LogP contribution in [-0.4, -0.2) is 31.1 Å². The summed E-state index contributed by atoms with van der Waals surface area (Å²) in [5.41, 5.74) is 2.29. The fraction of sp³-hybridized carbons (Fsp3) is 0.333. The number of anilines is 1. The second kappa shape index (κ2) is 9.15. The number of rotatable bonds is 7. The lowest BCUT2D eigenvalue weighted by atomic mass is 10.1. The van der Waals surface area contributed by atoms with E-state index >= 15 is 0 Å². The molecule has 0 aromatic heterocycles. The lowest BCUT2D eigenvalue weighted by molar-refractivity contribution is -0.116. The van der Waals surface area contributed by atoms with Crippen LogP contribution in [0.4, 0.5) is 5.69 Å².